The third-order valence-corrected chi connectivity index (χ3v) is 2.00. The van der Waals surface area contributed by atoms with E-state index in [-0.39, 0.29) is 12.5 Å². The van der Waals surface area contributed by atoms with Crippen molar-refractivity contribution in [2.45, 2.75) is 6.54 Å². The van der Waals surface area contributed by atoms with Crippen LogP contribution in [0.25, 0.3) is 0 Å². The molecule has 0 heterocycles. The summed E-state index contributed by atoms with van der Waals surface area (Å²) in [4.78, 5) is 22.8. The zero-order chi connectivity index (χ0) is 11.1. The van der Waals surface area contributed by atoms with Crippen LogP contribution in [0.3, 0.4) is 0 Å². The van der Waals surface area contributed by atoms with Crippen LogP contribution in [0, 0.1) is 0 Å². The lowest BCUT2D eigenvalue weighted by Gasteiger charge is -2.16. The summed E-state index contributed by atoms with van der Waals surface area (Å²) in [5.41, 5.74) is 1.06. The van der Waals surface area contributed by atoms with Crippen LogP contribution in [0.5, 0.6) is 0 Å². The molecule has 0 aliphatic carbocycles. The lowest BCUT2D eigenvalue weighted by atomic mass is 10.2. The Bertz CT molecular complexity index is 325. The molecule has 2 amide bonds. The van der Waals surface area contributed by atoms with Crippen molar-refractivity contribution in [3.63, 3.8) is 0 Å². The minimum absolute atomic E-state index is 0.00711. The molecule has 0 fully saturated rings. The Morgan fingerprint density at radius 3 is 2.67 bits per heavy atom. The average molecular weight is 205 g/mol. The Hall–Kier alpha value is -1.84. The molecular formula is C11H13N2O2. The molecule has 0 spiro atoms. The SMILES string of the molecule is CN(Cc1ccccc1)C(=O)CN[C]=O. The smallest absolute Gasteiger partial charge is 0.309 e. The van der Waals surface area contributed by atoms with Crippen LogP contribution < -0.4 is 5.32 Å². The highest BCUT2D eigenvalue weighted by atomic mass is 16.2. The molecule has 0 aliphatic heterocycles. The number of amides is 2. The van der Waals surface area contributed by atoms with Crippen molar-refractivity contribution in [1.29, 1.82) is 0 Å². The molecule has 1 N–H and O–H groups in total. The van der Waals surface area contributed by atoms with E-state index in [4.69, 9.17) is 0 Å². The van der Waals surface area contributed by atoms with Gasteiger partial charge in [0.1, 0.15) is 0 Å². The highest BCUT2D eigenvalue weighted by Crippen LogP contribution is 2.02. The predicted octanol–water partition coefficient (Wildman–Crippen LogP) is 0.302. The molecule has 15 heavy (non-hydrogen) atoms. The third-order valence-electron chi connectivity index (χ3n) is 2.00. The van der Waals surface area contributed by atoms with Gasteiger partial charge in [0.05, 0.1) is 6.54 Å². The topological polar surface area (TPSA) is 49.4 Å². The Kier molecular flexibility index (Phi) is 4.34. The van der Waals surface area contributed by atoms with Crippen molar-refractivity contribution in [2.75, 3.05) is 13.6 Å². The molecule has 1 aromatic carbocycles. The van der Waals surface area contributed by atoms with E-state index >= 15 is 0 Å². The number of hydrogen-bond donors (Lipinski definition) is 1. The Labute approximate surface area is 88.9 Å². The van der Waals surface area contributed by atoms with Gasteiger partial charge in [0, 0.05) is 13.6 Å². The van der Waals surface area contributed by atoms with Gasteiger partial charge >= 0.3 is 6.41 Å². The van der Waals surface area contributed by atoms with Gasteiger partial charge in [0.15, 0.2) is 0 Å². The van der Waals surface area contributed by atoms with E-state index in [1.165, 1.54) is 6.41 Å². The predicted molar refractivity (Wildman–Crippen MR) is 56.6 cm³/mol. The maximum atomic E-state index is 11.4. The minimum atomic E-state index is -0.137. The van der Waals surface area contributed by atoms with E-state index in [0.717, 1.165) is 5.56 Å². The highest BCUT2D eigenvalue weighted by molar-refractivity contribution is 5.79. The molecule has 0 atom stereocenters. The largest absolute Gasteiger partial charge is 0.340 e. The average Bonchev–Trinajstić information content (AvgIpc) is 2.27. The van der Waals surface area contributed by atoms with E-state index in [0.29, 0.717) is 6.54 Å². The number of rotatable bonds is 5. The molecule has 4 heteroatoms. The molecule has 0 saturated carbocycles. The highest BCUT2D eigenvalue weighted by Gasteiger charge is 2.07. The van der Waals surface area contributed by atoms with E-state index in [2.05, 4.69) is 5.32 Å². The zero-order valence-corrected chi connectivity index (χ0v) is 8.56. The van der Waals surface area contributed by atoms with Crippen molar-refractivity contribution in [3.8, 4) is 0 Å². The molecule has 0 aliphatic rings. The second-order valence-corrected chi connectivity index (χ2v) is 3.19. The second-order valence-electron chi connectivity index (χ2n) is 3.19. The van der Waals surface area contributed by atoms with Crippen LogP contribution in [-0.4, -0.2) is 30.8 Å². The number of benzene rings is 1. The lowest BCUT2D eigenvalue weighted by molar-refractivity contribution is -0.129. The van der Waals surface area contributed by atoms with Gasteiger partial charge in [0.2, 0.25) is 5.91 Å². The van der Waals surface area contributed by atoms with E-state index < -0.39 is 0 Å². The molecule has 0 saturated heterocycles. The molecule has 0 unspecified atom stereocenters. The maximum Gasteiger partial charge on any atom is 0.309 e. The van der Waals surface area contributed by atoms with Crippen LogP contribution in [0.1, 0.15) is 5.56 Å². The zero-order valence-electron chi connectivity index (χ0n) is 8.56. The van der Waals surface area contributed by atoms with Gasteiger partial charge in [0.25, 0.3) is 0 Å². The molecule has 1 aromatic rings. The van der Waals surface area contributed by atoms with Gasteiger partial charge in [-0.2, -0.15) is 0 Å². The first-order valence-corrected chi connectivity index (χ1v) is 4.62. The van der Waals surface area contributed by atoms with Crippen molar-refractivity contribution in [3.05, 3.63) is 35.9 Å². The van der Waals surface area contributed by atoms with Gasteiger partial charge in [-0.25, -0.2) is 0 Å². The van der Waals surface area contributed by atoms with Crippen LogP contribution in [0.15, 0.2) is 30.3 Å². The summed E-state index contributed by atoms with van der Waals surface area (Å²) < 4.78 is 0. The van der Waals surface area contributed by atoms with Crippen molar-refractivity contribution < 1.29 is 9.59 Å². The van der Waals surface area contributed by atoms with Crippen molar-refractivity contribution in [2.24, 2.45) is 0 Å². The van der Waals surface area contributed by atoms with Crippen LogP contribution in [0.2, 0.25) is 0 Å². The fraction of sp³-hybridized carbons (Fsp3) is 0.273. The summed E-state index contributed by atoms with van der Waals surface area (Å²) >= 11 is 0. The number of likely N-dealkylation sites (N-methyl/N-ethyl adjacent to an activating group) is 1. The molecular weight excluding hydrogens is 192 g/mol. The number of nitrogens with zero attached hydrogens (tertiary/aromatic N) is 1. The van der Waals surface area contributed by atoms with Crippen LogP contribution >= 0.6 is 0 Å². The van der Waals surface area contributed by atoms with Gasteiger partial charge in [-0.3, -0.25) is 9.59 Å². The monoisotopic (exact) mass is 205 g/mol. The number of hydrogen-bond acceptors (Lipinski definition) is 2. The standard InChI is InChI=1S/C11H13N2O2/c1-13(11(15)7-12-9-14)8-10-5-3-2-4-6-10/h2-6H,7-8H2,1H3,(H,12,14). The first-order chi connectivity index (χ1) is 7.24. The summed E-state index contributed by atoms with van der Waals surface area (Å²) in [5, 5.41) is 2.22. The maximum absolute atomic E-state index is 11.4. The van der Waals surface area contributed by atoms with E-state index in [1.807, 2.05) is 30.3 Å². The molecule has 1 radical (unpaired) electrons. The summed E-state index contributed by atoms with van der Waals surface area (Å²) in [5.74, 6) is -0.137. The van der Waals surface area contributed by atoms with Crippen molar-refractivity contribution in [1.82, 2.24) is 10.2 Å². The number of carbonyl (C=O) groups is 1. The van der Waals surface area contributed by atoms with Crippen molar-refractivity contribution >= 4 is 12.3 Å². The number of nitrogens with one attached hydrogen (secondary N) is 1. The summed E-state index contributed by atoms with van der Waals surface area (Å²) in [6, 6.07) is 9.66. The Balaban J connectivity index is 2.45. The first kappa shape index (κ1) is 11.2. The fourth-order valence-corrected chi connectivity index (χ4v) is 1.19. The molecule has 1 rings (SSSR count). The summed E-state index contributed by atoms with van der Waals surface area (Å²) in [7, 11) is 1.70. The van der Waals surface area contributed by atoms with E-state index in [9.17, 15) is 9.59 Å². The Morgan fingerprint density at radius 2 is 2.07 bits per heavy atom. The molecule has 4 nitrogen and oxygen atoms in total. The minimum Gasteiger partial charge on any atom is -0.340 e. The van der Waals surface area contributed by atoms with E-state index in [1.54, 1.807) is 11.9 Å². The summed E-state index contributed by atoms with van der Waals surface area (Å²) in [6.07, 6.45) is 1.47. The number of carbonyl (C=O) groups excluding carboxylic acids is 2. The van der Waals surface area contributed by atoms with Gasteiger partial charge in [-0.15, -0.1) is 0 Å². The van der Waals surface area contributed by atoms with Gasteiger partial charge in [-0.05, 0) is 5.56 Å². The lowest BCUT2D eigenvalue weighted by Crippen LogP contribution is -2.34. The third kappa shape index (κ3) is 3.81. The fourth-order valence-electron chi connectivity index (χ4n) is 1.19. The molecule has 0 aromatic heterocycles. The van der Waals surface area contributed by atoms with Gasteiger partial charge < -0.3 is 10.2 Å². The van der Waals surface area contributed by atoms with Gasteiger partial charge in [-0.1, -0.05) is 30.3 Å². The molecule has 79 valence electrons. The quantitative estimate of drug-likeness (QED) is 0.703. The van der Waals surface area contributed by atoms with Crippen LogP contribution in [-0.2, 0) is 16.1 Å². The summed E-state index contributed by atoms with van der Waals surface area (Å²) in [6.45, 7) is 0.535. The first-order valence-electron chi connectivity index (χ1n) is 4.62. The van der Waals surface area contributed by atoms with Crippen LogP contribution in [0.4, 0.5) is 0 Å². The Morgan fingerprint density at radius 1 is 1.40 bits per heavy atom. The second kappa shape index (κ2) is 5.80. The normalized spacial score (nSPS) is 9.40. The molecule has 0 bridgehead atoms.